The van der Waals surface area contributed by atoms with E-state index >= 15 is 0 Å². The Labute approximate surface area is 233 Å². The number of methoxy groups -OCH3 is 5. The number of ketones is 1. The molecular weight excluding hydrogens is 535 g/mol. The summed E-state index contributed by atoms with van der Waals surface area (Å²) in [5.41, 5.74) is 3.16. The van der Waals surface area contributed by atoms with Crippen LogP contribution in [-0.2, 0) is 9.09 Å². The molecule has 0 bridgehead atoms. The second-order valence-electron chi connectivity index (χ2n) is 8.82. The van der Waals surface area contributed by atoms with Crippen molar-refractivity contribution in [3.63, 3.8) is 0 Å². The molecule has 3 aromatic carbocycles. The van der Waals surface area contributed by atoms with E-state index in [1.54, 1.807) is 38.3 Å². The van der Waals surface area contributed by atoms with Crippen molar-refractivity contribution < 1.29 is 37.6 Å². The summed E-state index contributed by atoms with van der Waals surface area (Å²) in [6, 6.07) is 14.1. The molecule has 1 aromatic heterocycles. The van der Waals surface area contributed by atoms with Crippen LogP contribution in [0, 0.1) is 0 Å². The van der Waals surface area contributed by atoms with Gasteiger partial charge in [-0.3, -0.25) is 9.36 Å². The van der Waals surface area contributed by atoms with E-state index in [0.29, 0.717) is 62.3 Å². The summed E-state index contributed by atoms with van der Waals surface area (Å²) in [4.78, 5) is 17.4. The molecule has 1 atom stereocenters. The predicted octanol–water partition coefficient (Wildman–Crippen LogP) is 6.38. The number of H-pyrrole nitrogens is 1. The number of carbonyl (C=O) groups is 1. The van der Waals surface area contributed by atoms with Gasteiger partial charge in [0.05, 0.1) is 59.1 Å². The standard InChI is InChI=1S/C29H33N2O8P/c1-8-39-40(7,33)31-22-13-17(9-12-23(22)35-3)26-20-11-10-19(34-2)16-21(20)30-27(26)28(32)18-14-24(36-4)29(38-6)25(15-18)37-5/h9-16,30H,8H2,1-7H3,(H,31,33). The monoisotopic (exact) mass is 568 g/mol. The third kappa shape index (κ3) is 5.59. The highest BCUT2D eigenvalue weighted by molar-refractivity contribution is 7.59. The molecule has 2 N–H and O–H groups in total. The molecule has 0 saturated carbocycles. The number of aromatic nitrogens is 1. The Kier molecular flexibility index (Phi) is 8.61. The van der Waals surface area contributed by atoms with Crippen LogP contribution in [0.3, 0.4) is 0 Å². The predicted molar refractivity (Wildman–Crippen MR) is 155 cm³/mol. The topological polar surface area (TPSA) is 117 Å². The van der Waals surface area contributed by atoms with E-state index in [1.165, 1.54) is 35.1 Å². The van der Waals surface area contributed by atoms with Crippen LogP contribution in [0.15, 0.2) is 48.5 Å². The van der Waals surface area contributed by atoms with Crippen LogP contribution >= 0.6 is 7.52 Å². The van der Waals surface area contributed by atoms with Gasteiger partial charge in [-0.1, -0.05) is 6.07 Å². The number of ether oxygens (including phenoxy) is 5. The molecule has 0 amide bonds. The largest absolute Gasteiger partial charge is 0.497 e. The fourth-order valence-corrected chi connectivity index (χ4v) is 5.75. The number of benzene rings is 3. The summed E-state index contributed by atoms with van der Waals surface area (Å²) in [6.07, 6.45) is 0. The summed E-state index contributed by atoms with van der Waals surface area (Å²) < 4.78 is 45.7. The first-order chi connectivity index (χ1) is 19.2. The van der Waals surface area contributed by atoms with Crippen LogP contribution in [0.4, 0.5) is 5.69 Å². The number of nitrogens with one attached hydrogen (secondary N) is 2. The minimum atomic E-state index is -3.18. The third-order valence-electron chi connectivity index (χ3n) is 6.35. The molecule has 40 heavy (non-hydrogen) atoms. The zero-order chi connectivity index (χ0) is 29.0. The quantitative estimate of drug-likeness (QED) is 0.148. The maximum absolute atomic E-state index is 14.1. The third-order valence-corrected chi connectivity index (χ3v) is 7.74. The van der Waals surface area contributed by atoms with E-state index in [0.717, 1.165) is 5.39 Å². The van der Waals surface area contributed by atoms with E-state index in [-0.39, 0.29) is 12.4 Å². The Balaban J connectivity index is 1.95. The van der Waals surface area contributed by atoms with Gasteiger partial charge in [0.2, 0.25) is 11.5 Å². The summed E-state index contributed by atoms with van der Waals surface area (Å²) in [5.74, 6) is 1.90. The van der Waals surface area contributed by atoms with E-state index in [2.05, 4.69) is 10.1 Å². The van der Waals surface area contributed by atoms with Crippen molar-refractivity contribution in [3.05, 3.63) is 59.8 Å². The molecule has 4 rings (SSSR count). The number of fused-ring (bicyclic) bond motifs is 1. The molecule has 11 heteroatoms. The van der Waals surface area contributed by atoms with Crippen LogP contribution < -0.4 is 28.8 Å². The molecule has 0 aliphatic carbocycles. The molecule has 0 fully saturated rings. The van der Waals surface area contributed by atoms with E-state index in [9.17, 15) is 9.36 Å². The number of carbonyl (C=O) groups excluding carboxylic acids is 1. The van der Waals surface area contributed by atoms with Gasteiger partial charge in [0.15, 0.2) is 11.5 Å². The van der Waals surface area contributed by atoms with Crippen molar-refractivity contribution in [2.24, 2.45) is 0 Å². The van der Waals surface area contributed by atoms with Crippen LogP contribution in [-0.4, -0.2) is 59.6 Å². The van der Waals surface area contributed by atoms with Gasteiger partial charge in [-0.25, -0.2) is 0 Å². The lowest BCUT2D eigenvalue weighted by molar-refractivity contribution is 0.103. The molecule has 212 valence electrons. The second-order valence-corrected chi connectivity index (χ2v) is 11.0. The SMILES string of the molecule is CCOP(C)(=O)Nc1cc(-c2c(C(=O)c3cc(OC)c(OC)c(OC)c3)[nH]c3cc(OC)ccc23)ccc1OC. The molecule has 0 spiro atoms. The summed E-state index contributed by atoms with van der Waals surface area (Å²) >= 11 is 0. The lowest BCUT2D eigenvalue weighted by Crippen LogP contribution is -2.06. The Hall–Kier alpha value is -4.14. The van der Waals surface area contributed by atoms with E-state index in [1.807, 2.05) is 24.3 Å². The van der Waals surface area contributed by atoms with Crippen LogP contribution in [0.2, 0.25) is 0 Å². The number of anilines is 1. The lowest BCUT2D eigenvalue weighted by Gasteiger charge is -2.18. The highest BCUT2D eigenvalue weighted by atomic mass is 31.2. The Morgan fingerprint density at radius 1 is 0.850 bits per heavy atom. The number of hydrogen-bond acceptors (Lipinski definition) is 8. The second kappa shape index (κ2) is 11.9. The summed E-state index contributed by atoms with van der Waals surface area (Å²) in [6.45, 7) is 3.55. The van der Waals surface area contributed by atoms with Crippen LogP contribution in [0.25, 0.3) is 22.0 Å². The molecule has 4 aromatic rings. The van der Waals surface area contributed by atoms with Crippen molar-refractivity contribution in [1.29, 1.82) is 0 Å². The summed E-state index contributed by atoms with van der Waals surface area (Å²) in [5, 5.41) is 3.77. The number of rotatable bonds is 12. The van der Waals surface area contributed by atoms with Gasteiger partial charge in [0.25, 0.3) is 7.52 Å². The fraction of sp³-hybridized carbons (Fsp3) is 0.276. The van der Waals surface area contributed by atoms with Gasteiger partial charge in [0.1, 0.15) is 11.5 Å². The van der Waals surface area contributed by atoms with Crippen molar-refractivity contribution in [2.75, 3.05) is 53.9 Å². The van der Waals surface area contributed by atoms with Crippen molar-refractivity contribution in [1.82, 2.24) is 4.98 Å². The number of aromatic amines is 1. The maximum atomic E-state index is 14.1. The van der Waals surface area contributed by atoms with Crippen LogP contribution in [0.1, 0.15) is 23.0 Å². The van der Waals surface area contributed by atoms with Crippen LogP contribution in [0.5, 0.6) is 28.7 Å². The maximum Gasteiger partial charge on any atom is 0.290 e. The average molecular weight is 569 g/mol. The summed E-state index contributed by atoms with van der Waals surface area (Å²) in [7, 11) is 4.42. The molecular formula is C29H33N2O8P. The first-order valence-corrected chi connectivity index (χ1v) is 14.5. The Morgan fingerprint density at radius 3 is 2.10 bits per heavy atom. The fourth-order valence-electron chi connectivity index (χ4n) is 4.58. The molecule has 0 saturated heterocycles. The van der Waals surface area contributed by atoms with Gasteiger partial charge < -0.3 is 38.3 Å². The first-order valence-electron chi connectivity index (χ1n) is 12.4. The zero-order valence-electron chi connectivity index (χ0n) is 23.5. The van der Waals surface area contributed by atoms with Gasteiger partial charge in [-0.05, 0) is 48.9 Å². The molecule has 10 nitrogen and oxygen atoms in total. The van der Waals surface area contributed by atoms with Gasteiger partial charge in [-0.2, -0.15) is 0 Å². The lowest BCUT2D eigenvalue weighted by atomic mass is 9.96. The highest BCUT2D eigenvalue weighted by Crippen LogP contribution is 2.47. The van der Waals surface area contributed by atoms with Crippen molar-refractivity contribution >= 4 is 29.9 Å². The number of hydrogen-bond donors (Lipinski definition) is 2. The van der Waals surface area contributed by atoms with E-state index in [4.69, 9.17) is 28.2 Å². The highest BCUT2D eigenvalue weighted by Gasteiger charge is 2.25. The molecule has 0 aliphatic heterocycles. The molecule has 1 heterocycles. The van der Waals surface area contributed by atoms with E-state index < -0.39 is 7.52 Å². The minimum absolute atomic E-state index is 0.278. The van der Waals surface area contributed by atoms with Crippen molar-refractivity contribution in [3.8, 4) is 39.9 Å². The Morgan fingerprint density at radius 2 is 1.52 bits per heavy atom. The Bertz CT molecular complexity index is 1570. The zero-order valence-corrected chi connectivity index (χ0v) is 24.4. The first kappa shape index (κ1) is 28.9. The average Bonchev–Trinajstić information content (AvgIpc) is 3.34. The van der Waals surface area contributed by atoms with Gasteiger partial charge in [0, 0.05) is 29.2 Å². The normalized spacial score (nSPS) is 12.5. The van der Waals surface area contributed by atoms with Gasteiger partial charge in [-0.15, -0.1) is 0 Å². The molecule has 0 aliphatic rings. The van der Waals surface area contributed by atoms with Gasteiger partial charge >= 0.3 is 0 Å². The smallest absolute Gasteiger partial charge is 0.290 e. The molecule has 0 radical (unpaired) electrons. The minimum Gasteiger partial charge on any atom is -0.497 e. The van der Waals surface area contributed by atoms with Crippen molar-refractivity contribution in [2.45, 2.75) is 6.92 Å². The molecule has 1 unspecified atom stereocenters.